The monoisotopic (exact) mass is 225 g/mol. The molecular formula is C14H15N3. The minimum atomic E-state index is 0.627. The molecule has 0 unspecified atom stereocenters. The van der Waals surface area contributed by atoms with Crippen LogP contribution in [-0.2, 0) is 6.54 Å². The minimum Gasteiger partial charge on any atom is -0.354 e. The Morgan fingerprint density at radius 3 is 2.47 bits per heavy atom. The molecular weight excluding hydrogens is 210 g/mol. The van der Waals surface area contributed by atoms with Gasteiger partial charge in [0.25, 0.3) is 0 Å². The van der Waals surface area contributed by atoms with Crippen molar-refractivity contribution in [2.75, 3.05) is 11.9 Å². The molecule has 3 nitrogen and oxygen atoms in total. The molecule has 0 aliphatic rings. The number of hydrogen-bond donors (Lipinski definition) is 0. The predicted molar refractivity (Wildman–Crippen MR) is 70.9 cm³/mol. The second-order valence-electron chi connectivity index (χ2n) is 3.96. The van der Waals surface area contributed by atoms with Crippen LogP contribution in [0.4, 0.5) is 5.82 Å². The third-order valence-electron chi connectivity index (χ3n) is 2.57. The fourth-order valence-corrected chi connectivity index (χ4v) is 1.56. The van der Waals surface area contributed by atoms with Gasteiger partial charge in [0.2, 0.25) is 0 Å². The number of anilines is 1. The number of rotatable bonds is 3. The predicted octanol–water partition coefficient (Wildman–Crippen LogP) is 0.934. The smallest absolute Gasteiger partial charge is 0.147 e. The van der Waals surface area contributed by atoms with E-state index in [1.165, 1.54) is 5.56 Å². The summed E-state index contributed by atoms with van der Waals surface area (Å²) < 4.78 is 0. The SMILES string of the molecule is C=c1ncc(N(C)Cc2ccccc2)nc1=C. The van der Waals surface area contributed by atoms with Crippen molar-refractivity contribution in [3.63, 3.8) is 0 Å². The van der Waals surface area contributed by atoms with Gasteiger partial charge in [-0.05, 0) is 5.56 Å². The van der Waals surface area contributed by atoms with Gasteiger partial charge >= 0.3 is 0 Å². The van der Waals surface area contributed by atoms with E-state index in [9.17, 15) is 0 Å². The lowest BCUT2D eigenvalue weighted by molar-refractivity contribution is 0.880. The molecule has 0 saturated carbocycles. The third-order valence-corrected chi connectivity index (χ3v) is 2.57. The van der Waals surface area contributed by atoms with Crippen LogP contribution in [0.15, 0.2) is 36.5 Å². The van der Waals surface area contributed by atoms with Gasteiger partial charge in [0.05, 0.1) is 16.9 Å². The average molecular weight is 225 g/mol. The molecule has 2 rings (SSSR count). The summed E-state index contributed by atoms with van der Waals surface area (Å²) >= 11 is 0. The van der Waals surface area contributed by atoms with Crippen LogP contribution in [0.3, 0.4) is 0 Å². The van der Waals surface area contributed by atoms with E-state index in [1.807, 2.05) is 30.1 Å². The van der Waals surface area contributed by atoms with Gasteiger partial charge in [-0.2, -0.15) is 0 Å². The van der Waals surface area contributed by atoms with Gasteiger partial charge in [-0.3, -0.25) is 4.98 Å². The summed E-state index contributed by atoms with van der Waals surface area (Å²) in [5.41, 5.74) is 1.24. The number of hydrogen-bond acceptors (Lipinski definition) is 3. The maximum atomic E-state index is 4.36. The first-order valence-electron chi connectivity index (χ1n) is 5.43. The molecule has 0 bridgehead atoms. The van der Waals surface area contributed by atoms with E-state index in [2.05, 4.69) is 35.3 Å². The zero-order chi connectivity index (χ0) is 12.3. The highest BCUT2D eigenvalue weighted by Crippen LogP contribution is 2.08. The summed E-state index contributed by atoms with van der Waals surface area (Å²) in [5, 5.41) is 1.25. The Morgan fingerprint density at radius 2 is 1.82 bits per heavy atom. The van der Waals surface area contributed by atoms with Gasteiger partial charge in [0.15, 0.2) is 0 Å². The fraction of sp³-hybridized carbons (Fsp3) is 0.143. The van der Waals surface area contributed by atoms with Gasteiger partial charge in [-0.15, -0.1) is 0 Å². The molecule has 0 spiro atoms. The van der Waals surface area contributed by atoms with Crippen LogP contribution in [0.5, 0.6) is 0 Å². The van der Waals surface area contributed by atoms with Gasteiger partial charge in [-0.1, -0.05) is 43.5 Å². The van der Waals surface area contributed by atoms with E-state index in [4.69, 9.17) is 0 Å². The molecule has 86 valence electrons. The summed E-state index contributed by atoms with van der Waals surface area (Å²) in [6.45, 7) is 8.35. The Labute approximate surface area is 101 Å². The zero-order valence-corrected chi connectivity index (χ0v) is 9.93. The second kappa shape index (κ2) is 4.78. The first kappa shape index (κ1) is 11.3. The van der Waals surface area contributed by atoms with Crippen molar-refractivity contribution >= 4 is 19.0 Å². The lowest BCUT2D eigenvalue weighted by atomic mass is 10.2. The summed E-state index contributed by atoms with van der Waals surface area (Å²) in [5.74, 6) is 0.811. The highest BCUT2D eigenvalue weighted by Gasteiger charge is 2.03. The van der Waals surface area contributed by atoms with Crippen molar-refractivity contribution in [2.45, 2.75) is 6.54 Å². The van der Waals surface area contributed by atoms with Gasteiger partial charge < -0.3 is 4.90 Å². The molecule has 17 heavy (non-hydrogen) atoms. The summed E-state index contributed by atoms with van der Waals surface area (Å²) in [6.07, 6.45) is 1.72. The molecule has 2 aromatic rings. The number of benzene rings is 1. The molecule has 0 fully saturated rings. The van der Waals surface area contributed by atoms with Crippen LogP contribution in [0, 0.1) is 0 Å². The summed E-state index contributed by atoms with van der Waals surface area (Å²) in [7, 11) is 1.99. The quantitative estimate of drug-likeness (QED) is 0.778. The van der Waals surface area contributed by atoms with Crippen molar-refractivity contribution in [2.24, 2.45) is 0 Å². The van der Waals surface area contributed by atoms with Gasteiger partial charge in [-0.25, -0.2) is 4.98 Å². The average Bonchev–Trinajstić information content (AvgIpc) is 2.34. The fourth-order valence-electron chi connectivity index (χ4n) is 1.56. The molecule has 0 N–H and O–H groups in total. The lowest BCUT2D eigenvalue weighted by Crippen LogP contribution is -2.31. The Morgan fingerprint density at radius 1 is 1.12 bits per heavy atom. The van der Waals surface area contributed by atoms with Crippen LogP contribution >= 0.6 is 0 Å². The molecule has 0 saturated heterocycles. The Bertz CT molecular complexity index is 593. The highest BCUT2D eigenvalue weighted by atomic mass is 15.2. The molecule has 0 radical (unpaired) electrons. The molecule has 3 heteroatoms. The second-order valence-corrected chi connectivity index (χ2v) is 3.96. The normalized spacial score (nSPS) is 10.2. The van der Waals surface area contributed by atoms with E-state index >= 15 is 0 Å². The molecule has 1 aromatic carbocycles. The first-order chi connectivity index (χ1) is 8.16. The van der Waals surface area contributed by atoms with E-state index in [1.54, 1.807) is 6.20 Å². The van der Waals surface area contributed by atoms with E-state index < -0.39 is 0 Å². The maximum absolute atomic E-state index is 4.36. The molecule has 1 heterocycles. The summed E-state index contributed by atoms with van der Waals surface area (Å²) in [6, 6.07) is 10.2. The van der Waals surface area contributed by atoms with Crippen LogP contribution in [0.2, 0.25) is 0 Å². The van der Waals surface area contributed by atoms with Crippen molar-refractivity contribution in [1.82, 2.24) is 9.97 Å². The van der Waals surface area contributed by atoms with E-state index in [0.29, 0.717) is 10.7 Å². The third kappa shape index (κ3) is 2.69. The Balaban J connectivity index is 2.20. The maximum Gasteiger partial charge on any atom is 0.147 e. The molecule has 0 amide bonds. The number of nitrogens with zero attached hydrogens (tertiary/aromatic N) is 3. The van der Waals surface area contributed by atoms with E-state index in [-0.39, 0.29) is 0 Å². The topological polar surface area (TPSA) is 29.0 Å². The Hall–Kier alpha value is -2.16. The first-order valence-corrected chi connectivity index (χ1v) is 5.43. The van der Waals surface area contributed by atoms with Gasteiger partial charge in [0.1, 0.15) is 5.82 Å². The highest BCUT2D eigenvalue weighted by molar-refractivity contribution is 5.36. The van der Waals surface area contributed by atoms with Crippen LogP contribution < -0.4 is 15.6 Å². The van der Waals surface area contributed by atoms with E-state index in [0.717, 1.165) is 12.4 Å². The van der Waals surface area contributed by atoms with Crippen LogP contribution in [0.1, 0.15) is 5.56 Å². The number of aromatic nitrogens is 2. The van der Waals surface area contributed by atoms with Crippen molar-refractivity contribution in [1.29, 1.82) is 0 Å². The molecule has 0 atom stereocenters. The molecule has 0 aliphatic heterocycles. The van der Waals surface area contributed by atoms with Crippen LogP contribution in [0.25, 0.3) is 13.2 Å². The van der Waals surface area contributed by atoms with Crippen LogP contribution in [-0.4, -0.2) is 17.0 Å². The van der Waals surface area contributed by atoms with Crippen molar-refractivity contribution in [3.8, 4) is 0 Å². The zero-order valence-electron chi connectivity index (χ0n) is 9.93. The molecule has 0 aliphatic carbocycles. The summed E-state index contributed by atoms with van der Waals surface area (Å²) in [4.78, 5) is 10.6. The lowest BCUT2D eigenvalue weighted by Gasteiger charge is -2.17. The Kier molecular flexibility index (Phi) is 3.19. The van der Waals surface area contributed by atoms with Crippen molar-refractivity contribution in [3.05, 3.63) is 52.8 Å². The largest absolute Gasteiger partial charge is 0.354 e. The molecule has 1 aromatic heterocycles. The minimum absolute atomic E-state index is 0.627. The van der Waals surface area contributed by atoms with Gasteiger partial charge in [0, 0.05) is 13.6 Å². The van der Waals surface area contributed by atoms with Crippen molar-refractivity contribution < 1.29 is 0 Å². The standard InChI is InChI=1S/C14H15N3/c1-11-12(2)16-14(9-15-11)17(3)10-13-7-5-4-6-8-13/h4-9H,1-2,10H2,3H3.